The lowest BCUT2D eigenvalue weighted by molar-refractivity contribution is -0.119. The van der Waals surface area contributed by atoms with Crippen molar-refractivity contribution in [2.75, 3.05) is 13.7 Å². The van der Waals surface area contributed by atoms with Crippen molar-refractivity contribution >= 4 is 11.8 Å². The maximum atomic E-state index is 12.1. The standard InChI is InChI=1S/C15H22N2O4/c1-9(2)10(3)17-15(19)11-5-6-12(13(7-11)20-4)21-8-14(16)18/h5-7,9-10H,8H2,1-4H3,(H2,16,18)(H,17,19). The fraction of sp³-hybridized carbons (Fsp3) is 0.467. The van der Waals surface area contributed by atoms with E-state index in [0.29, 0.717) is 23.0 Å². The number of nitrogens with two attached hydrogens (primary N) is 1. The molecule has 0 radical (unpaired) electrons. The average molecular weight is 294 g/mol. The van der Waals surface area contributed by atoms with Gasteiger partial charge in [0.25, 0.3) is 11.8 Å². The number of hydrogen-bond donors (Lipinski definition) is 2. The first-order valence-corrected chi connectivity index (χ1v) is 6.75. The van der Waals surface area contributed by atoms with E-state index in [1.165, 1.54) is 7.11 Å². The van der Waals surface area contributed by atoms with Gasteiger partial charge in [0, 0.05) is 11.6 Å². The van der Waals surface area contributed by atoms with Crippen LogP contribution in [0.15, 0.2) is 18.2 Å². The molecule has 0 fully saturated rings. The summed E-state index contributed by atoms with van der Waals surface area (Å²) >= 11 is 0. The van der Waals surface area contributed by atoms with Crippen LogP contribution < -0.4 is 20.5 Å². The molecule has 6 nitrogen and oxygen atoms in total. The summed E-state index contributed by atoms with van der Waals surface area (Å²) in [6, 6.07) is 4.82. The van der Waals surface area contributed by atoms with Gasteiger partial charge < -0.3 is 20.5 Å². The molecule has 2 amide bonds. The molecular weight excluding hydrogens is 272 g/mol. The van der Waals surface area contributed by atoms with Crippen LogP contribution in [-0.4, -0.2) is 31.6 Å². The highest BCUT2D eigenvalue weighted by molar-refractivity contribution is 5.95. The topological polar surface area (TPSA) is 90.7 Å². The fourth-order valence-corrected chi connectivity index (χ4v) is 1.53. The molecular formula is C15H22N2O4. The molecule has 0 aliphatic carbocycles. The molecule has 0 aromatic heterocycles. The largest absolute Gasteiger partial charge is 0.493 e. The van der Waals surface area contributed by atoms with Crippen molar-refractivity contribution in [2.45, 2.75) is 26.8 Å². The lowest BCUT2D eigenvalue weighted by atomic mass is 10.1. The number of hydrogen-bond acceptors (Lipinski definition) is 4. The normalized spacial score (nSPS) is 11.9. The van der Waals surface area contributed by atoms with Crippen LogP contribution in [0.5, 0.6) is 11.5 Å². The van der Waals surface area contributed by atoms with Crippen molar-refractivity contribution in [1.82, 2.24) is 5.32 Å². The molecule has 1 aromatic carbocycles. The van der Waals surface area contributed by atoms with Crippen molar-refractivity contribution in [2.24, 2.45) is 11.7 Å². The highest BCUT2D eigenvalue weighted by Crippen LogP contribution is 2.28. The highest BCUT2D eigenvalue weighted by Gasteiger charge is 2.15. The Morgan fingerprint density at radius 2 is 1.90 bits per heavy atom. The number of primary amides is 1. The minimum Gasteiger partial charge on any atom is -0.493 e. The number of ether oxygens (including phenoxy) is 2. The predicted octanol–water partition coefficient (Wildman–Crippen LogP) is 1.33. The van der Waals surface area contributed by atoms with E-state index in [0.717, 1.165) is 0 Å². The summed E-state index contributed by atoms with van der Waals surface area (Å²) in [5.41, 5.74) is 5.49. The molecule has 3 N–H and O–H groups in total. The van der Waals surface area contributed by atoms with E-state index in [1.54, 1.807) is 18.2 Å². The maximum absolute atomic E-state index is 12.1. The molecule has 21 heavy (non-hydrogen) atoms. The molecule has 1 unspecified atom stereocenters. The van der Waals surface area contributed by atoms with E-state index in [4.69, 9.17) is 15.2 Å². The number of carbonyl (C=O) groups is 2. The zero-order chi connectivity index (χ0) is 16.0. The Morgan fingerprint density at radius 3 is 2.43 bits per heavy atom. The first-order valence-electron chi connectivity index (χ1n) is 6.75. The number of rotatable bonds is 7. The second-order valence-electron chi connectivity index (χ2n) is 5.13. The Labute approximate surface area is 124 Å². The van der Waals surface area contributed by atoms with Crippen LogP contribution in [0.25, 0.3) is 0 Å². The van der Waals surface area contributed by atoms with Gasteiger partial charge in [-0.1, -0.05) is 13.8 Å². The SMILES string of the molecule is COc1cc(C(=O)NC(C)C(C)C)ccc1OCC(N)=O. The number of methoxy groups -OCH3 is 1. The third-order valence-electron chi connectivity index (χ3n) is 3.15. The van der Waals surface area contributed by atoms with E-state index in [-0.39, 0.29) is 18.6 Å². The van der Waals surface area contributed by atoms with Crippen molar-refractivity contribution in [3.05, 3.63) is 23.8 Å². The second-order valence-corrected chi connectivity index (χ2v) is 5.13. The van der Waals surface area contributed by atoms with Gasteiger partial charge in [0.1, 0.15) is 0 Å². The van der Waals surface area contributed by atoms with Crippen LogP contribution in [0.2, 0.25) is 0 Å². The molecule has 1 rings (SSSR count). The molecule has 6 heteroatoms. The van der Waals surface area contributed by atoms with Crippen LogP contribution in [0.4, 0.5) is 0 Å². The fourth-order valence-electron chi connectivity index (χ4n) is 1.53. The minimum absolute atomic E-state index is 0.0642. The van der Waals surface area contributed by atoms with Crippen molar-refractivity contribution in [3.63, 3.8) is 0 Å². The molecule has 0 spiro atoms. The van der Waals surface area contributed by atoms with Gasteiger partial charge in [-0.25, -0.2) is 0 Å². The van der Waals surface area contributed by atoms with E-state index in [9.17, 15) is 9.59 Å². The van der Waals surface area contributed by atoms with E-state index < -0.39 is 5.91 Å². The summed E-state index contributed by atoms with van der Waals surface area (Å²) in [6.07, 6.45) is 0. The van der Waals surface area contributed by atoms with Crippen molar-refractivity contribution < 1.29 is 19.1 Å². The molecule has 1 atom stereocenters. The van der Waals surface area contributed by atoms with Crippen LogP contribution in [0.1, 0.15) is 31.1 Å². The molecule has 116 valence electrons. The van der Waals surface area contributed by atoms with Gasteiger partial charge >= 0.3 is 0 Å². The maximum Gasteiger partial charge on any atom is 0.255 e. The Kier molecular flexibility index (Phi) is 6.02. The molecule has 0 saturated heterocycles. The Morgan fingerprint density at radius 1 is 1.24 bits per heavy atom. The Hall–Kier alpha value is -2.24. The van der Waals surface area contributed by atoms with Gasteiger partial charge in [0.2, 0.25) is 0 Å². The van der Waals surface area contributed by atoms with E-state index >= 15 is 0 Å². The number of nitrogens with one attached hydrogen (secondary N) is 1. The lowest BCUT2D eigenvalue weighted by Crippen LogP contribution is -2.36. The molecule has 0 bridgehead atoms. The van der Waals surface area contributed by atoms with Gasteiger partial charge in [-0.05, 0) is 31.0 Å². The molecule has 1 aromatic rings. The average Bonchev–Trinajstić information content (AvgIpc) is 2.44. The second kappa shape index (κ2) is 7.52. The summed E-state index contributed by atoms with van der Waals surface area (Å²) in [4.78, 5) is 22.8. The van der Waals surface area contributed by atoms with Crippen molar-refractivity contribution in [1.29, 1.82) is 0 Å². The lowest BCUT2D eigenvalue weighted by Gasteiger charge is -2.18. The zero-order valence-corrected chi connectivity index (χ0v) is 12.8. The third kappa shape index (κ3) is 4.98. The summed E-state index contributed by atoms with van der Waals surface area (Å²) in [5, 5.41) is 2.91. The van der Waals surface area contributed by atoms with Gasteiger partial charge in [0.15, 0.2) is 18.1 Å². The number of amides is 2. The number of carbonyl (C=O) groups excluding carboxylic acids is 2. The molecule has 0 aliphatic heterocycles. The van der Waals surface area contributed by atoms with Gasteiger partial charge in [0.05, 0.1) is 7.11 Å². The number of benzene rings is 1. The van der Waals surface area contributed by atoms with Crippen LogP contribution in [0.3, 0.4) is 0 Å². The summed E-state index contributed by atoms with van der Waals surface area (Å²) in [7, 11) is 1.46. The summed E-state index contributed by atoms with van der Waals surface area (Å²) < 4.78 is 10.4. The Bertz CT molecular complexity index is 514. The Balaban J connectivity index is 2.86. The molecule has 0 saturated carbocycles. The van der Waals surface area contributed by atoms with Crippen LogP contribution in [0, 0.1) is 5.92 Å². The minimum atomic E-state index is -0.579. The summed E-state index contributed by atoms with van der Waals surface area (Å²) in [5.74, 6) is 0.320. The van der Waals surface area contributed by atoms with E-state index in [1.807, 2.05) is 20.8 Å². The van der Waals surface area contributed by atoms with Gasteiger partial charge in [-0.2, -0.15) is 0 Å². The molecule has 0 heterocycles. The van der Waals surface area contributed by atoms with Gasteiger partial charge in [-0.15, -0.1) is 0 Å². The van der Waals surface area contributed by atoms with Crippen molar-refractivity contribution in [3.8, 4) is 11.5 Å². The predicted molar refractivity (Wildman–Crippen MR) is 79.4 cm³/mol. The smallest absolute Gasteiger partial charge is 0.255 e. The summed E-state index contributed by atoms with van der Waals surface area (Å²) in [6.45, 7) is 5.77. The third-order valence-corrected chi connectivity index (χ3v) is 3.15. The molecule has 0 aliphatic rings. The van der Waals surface area contributed by atoms with Crippen LogP contribution >= 0.6 is 0 Å². The quantitative estimate of drug-likeness (QED) is 0.794. The van der Waals surface area contributed by atoms with E-state index in [2.05, 4.69) is 5.32 Å². The first kappa shape index (κ1) is 16.8. The zero-order valence-electron chi connectivity index (χ0n) is 12.8. The van der Waals surface area contributed by atoms with Gasteiger partial charge in [-0.3, -0.25) is 9.59 Å². The monoisotopic (exact) mass is 294 g/mol. The highest BCUT2D eigenvalue weighted by atomic mass is 16.5. The first-order chi connectivity index (χ1) is 9.85. The van der Waals surface area contributed by atoms with Crippen LogP contribution in [-0.2, 0) is 4.79 Å².